The first-order chi connectivity index (χ1) is 9.58. The van der Waals surface area contributed by atoms with Gasteiger partial charge < -0.3 is 10.2 Å². The van der Waals surface area contributed by atoms with Crippen molar-refractivity contribution < 1.29 is 0 Å². The third kappa shape index (κ3) is 3.93. The Labute approximate surface area is 128 Å². The average molecular weight is 340 g/mol. The quantitative estimate of drug-likeness (QED) is 0.787. The van der Waals surface area contributed by atoms with Crippen LogP contribution in [0.15, 0.2) is 22.8 Å². The second kappa shape index (κ2) is 7.04. The van der Waals surface area contributed by atoms with Crippen LogP contribution in [0.1, 0.15) is 26.7 Å². The van der Waals surface area contributed by atoms with Crippen LogP contribution in [0.25, 0.3) is 5.65 Å². The van der Waals surface area contributed by atoms with E-state index in [9.17, 15) is 0 Å². The summed E-state index contributed by atoms with van der Waals surface area (Å²) >= 11 is 3.48. The first-order valence-corrected chi connectivity index (χ1v) is 7.82. The van der Waals surface area contributed by atoms with E-state index < -0.39 is 0 Å². The molecular formula is C14H22BrN5. The molecule has 2 aromatic heterocycles. The van der Waals surface area contributed by atoms with Crippen LogP contribution in [-0.2, 0) is 0 Å². The molecule has 0 radical (unpaired) electrons. The molecule has 0 aliphatic carbocycles. The molecule has 1 N–H and O–H groups in total. The predicted octanol–water partition coefficient (Wildman–Crippen LogP) is 3.02. The minimum atomic E-state index is 0.611. The highest BCUT2D eigenvalue weighted by molar-refractivity contribution is 9.10. The molecule has 2 rings (SSSR count). The average Bonchev–Trinajstić information content (AvgIpc) is 2.82. The summed E-state index contributed by atoms with van der Waals surface area (Å²) in [6.07, 6.45) is 4.20. The zero-order valence-corrected chi connectivity index (χ0v) is 13.9. The summed E-state index contributed by atoms with van der Waals surface area (Å²) in [6.45, 7) is 6.47. The maximum absolute atomic E-state index is 4.46. The number of fused-ring (bicyclic) bond motifs is 1. The molecule has 0 aromatic carbocycles. The standard InChI is InChI=1S/C14H22BrN5/c1-11(2)19(3)9-5-4-8-16-14-17-13-12(15)7-6-10-20(13)18-14/h6-7,10-11H,4-5,8-9H2,1-3H3,(H,16,18). The van der Waals surface area contributed by atoms with E-state index in [4.69, 9.17) is 0 Å². The van der Waals surface area contributed by atoms with Gasteiger partial charge in [0.2, 0.25) is 5.95 Å². The van der Waals surface area contributed by atoms with E-state index >= 15 is 0 Å². The van der Waals surface area contributed by atoms with Crippen LogP contribution < -0.4 is 5.32 Å². The second-order valence-corrected chi connectivity index (χ2v) is 6.12. The summed E-state index contributed by atoms with van der Waals surface area (Å²) in [7, 11) is 2.17. The molecule has 0 saturated heterocycles. The van der Waals surface area contributed by atoms with E-state index in [1.165, 1.54) is 6.42 Å². The van der Waals surface area contributed by atoms with Crippen molar-refractivity contribution in [3.63, 3.8) is 0 Å². The van der Waals surface area contributed by atoms with E-state index in [1.807, 2.05) is 18.3 Å². The molecule has 0 fully saturated rings. The SMILES string of the molecule is CC(C)N(C)CCCCNc1nc2c(Br)cccn2n1. The van der Waals surface area contributed by atoms with Crippen molar-refractivity contribution in [2.24, 2.45) is 0 Å². The van der Waals surface area contributed by atoms with E-state index in [2.05, 4.69) is 57.1 Å². The molecule has 5 nitrogen and oxygen atoms in total. The number of pyridine rings is 1. The van der Waals surface area contributed by atoms with Gasteiger partial charge >= 0.3 is 0 Å². The number of aromatic nitrogens is 3. The van der Waals surface area contributed by atoms with E-state index in [-0.39, 0.29) is 0 Å². The molecule has 2 aromatic rings. The van der Waals surface area contributed by atoms with Crippen molar-refractivity contribution >= 4 is 27.5 Å². The molecule has 0 aliphatic rings. The summed E-state index contributed by atoms with van der Waals surface area (Å²) in [6, 6.07) is 4.52. The van der Waals surface area contributed by atoms with Gasteiger partial charge in [-0.05, 0) is 68.3 Å². The van der Waals surface area contributed by atoms with Crippen molar-refractivity contribution in [2.75, 3.05) is 25.5 Å². The number of unbranched alkanes of at least 4 members (excludes halogenated alkanes) is 1. The highest BCUT2D eigenvalue weighted by Crippen LogP contribution is 2.16. The molecule has 110 valence electrons. The van der Waals surface area contributed by atoms with Crippen LogP contribution in [0.4, 0.5) is 5.95 Å². The van der Waals surface area contributed by atoms with E-state index in [0.717, 1.165) is 29.6 Å². The fourth-order valence-corrected chi connectivity index (χ4v) is 2.32. The molecular weight excluding hydrogens is 318 g/mol. The first kappa shape index (κ1) is 15.3. The summed E-state index contributed by atoms with van der Waals surface area (Å²) in [5, 5.41) is 7.67. The number of hydrogen-bond acceptors (Lipinski definition) is 4. The second-order valence-electron chi connectivity index (χ2n) is 5.27. The monoisotopic (exact) mass is 339 g/mol. The highest BCUT2D eigenvalue weighted by atomic mass is 79.9. The topological polar surface area (TPSA) is 45.5 Å². The number of hydrogen-bond donors (Lipinski definition) is 1. The third-order valence-corrected chi connectivity index (χ3v) is 4.04. The Bertz CT molecular complexity index is 551. The van der Waals surface area contributed by atoms with Gasteiger partial charge in [-0.15, -0.1) is 5.10 Å². The third-order valence-electron chi connectivity index (χ3n) is 3.42. The van der Waals surface area contributed by atoms with E-state index in [0.29, 0.717) is 12.0 Å². The fourth-order valence-electron chi connectivity index (χ4n) is 1.89. The zero-order chi connectivity index (χ0) is 14.5. The van der Waals surface area contributed by atoms with Crippen molar-refractivity contribution in [1.82, 2.24) is 19.5 Å². The molecule has 0 spiro atoms. The minimum absolute atomic E-state index is 0.611. The Balaban J connectivity index is 1.77. The van der Waals surface area contributed by atoms with Crippen LogP contribution in [0.2, 0.25) is 0 Å². The molecule has 0 saturated carbocycles. The largest absolute Gasteiger partial charge is 0.353 e. The lowest BCUT2D eigenvalue weighted by Crippen LogP contribution is -2.27. The summed E-state index contributed by atoms with van der Waals surface area (Å²) in [5.74, 6) is 0.689. The Kier molecular flexibility index (Phi) is 5.37. The molecule has 0 bridgehead atoms. The summed E-state index contributed by atoms with van der Waals surface area (Å²) in [4.78, 5) is 6.82. The van der Waals surface area contributed by atoms with Crippen LogP contribution in [-0.4, -0.2) is 45.7 Å². The highest BCUT2D eigenvalue weighted by Gasteiger charge is 2.06. The predicted molar refractivity (Wildman–Crippen MR) is 86.2 cm³/mol. The van der Waals surface area contributed by atoms with Crippen molar-refractivity contribution in [2.45, 2.75) is 32.7 Å². The first-order valence-electron chi connectivity index (χ1n) is 7.03. The number of nitrogens with zero attached hydrogens (tertiary/aromatic N) is 4. The molecule has 0 atom stereocenters. The van der Waals surface area contributed by atoms with Crippen molar-refractivity contribution in [1.29, 1.82) is 0 Å². The molecule has 2 heterocycles. The Morgan fingerprint density at radius 3 is 2.90 bits per heavy atom. The Hall–Kier alpha value is -1.14. The Morgan fingerprint density at radius 1 is 1.40 bits per heavy atom. The van der Waals surface area contributed by atoms with Gasteiger partial charge in [-0.2, -0.15) is 4.98 Å². The molecule has 20 heavy (non-hydrogen) atoms. The Morgan fingerprint density at radius 2 is 2.20 bits per heavy atom. The van der Waals surface area contributed by atoms with Gasteiger partial charge in [0, 0.05) is 18.8 Å². The summed E-state index contributed by atoms with van der Waals surface area (Å²) in [5.41, 5.74) is 0.842. The van der Waals surface area contributed by atoms with Gasteiger partial charge in [-0.25, -0.2) is 4.52 Å². The van der Waals surface area contributed by atoms with Crippen LogP contribution in [0.3, 0.4) is 0 Å². The minimum Gasteiger partial charge on any atom is -0.353 e. The maximum Gasteiger partial charge on any atom is 0.243 e. The van der Waals surface area contributed by atoms with Crippen LogP contribution in [0, 0.1) is 0 Å². The number of rotatable bonds is 7. The fraction of sp³-hybridized carbons (Fsp3) is 0.571. The van der Waals surface area contributed by atoms with Gasteiger partial charge in [0.1, 0.15) is 0 Å². The lowest BCUT2D eigenvalue weighted by Gasteiger charge is -2.20. The number of halogens is 1. The van der Waals surface area contributed by atoms with Gasteiger partial charge in [0.05, 0.1) is 4.47 Å². The van der Waals surface area contributed by atoms with Crippen LogP contribution in [0.5, 0.6) is 0 Å². The van der Waals surface area contributed by atoms with Gasteiger partial charge in [0.15, 0.2) is 5.65 Å². The normalized spacial score (nSPS) is 11.7. The summed E-state index contributed by atoms with van der Waals surface area (Å²) < 4.78 is 2.73. The molecule has 0 aliphatic heterocycles. The van der Waals surface area contributed by atoms with E-state index in [1.54, 1.807) is 4.52 Å². The van der Waals surface area contributed by atoms with Gasteiger partial charge in [-0.3, -0.25) is 0 Å². The smallest absolute Gasteiger partial charge is 0.243 e. The van der Waals surface area contributed by atoms with Crippen LogP contribution >= 0.6 is 15.9 Å². The lowest BCUT2D eigenvalue weighted by atomic mass is 10.2. The lowest BCUT2D eigenvalue weighted by molar-refractivity contribution is 0.269. The number of anilines is 1. The maximum atomic E-state index is 4.46. The molecule has 0 amide bonds. The molecule has 6 heteroatoms. The van der Waals surface area contributed by atoms with Gasteiger partial charge in [-0.1, -0.05) is 0 Å². The van der Waals surface area contributed by atoms with Crippen molar-refractivity contribution in [3.8, 4) is 0 Å². The number of nitrogens with one attached hydrogen (secondary N) is 1. The zero-order valence-electron chi connectivity index (χ0n) is 12.3. The molecule has 0 unspecified atom stereocenters. The van der Waals surface area contributed by atoms with Gasteiger partial charge in [0.25, 0.3) is 0 Å². The van der Waals surface area contributed by atoms with Crippen molar-refractivity contribution in [3.05, 3.63) is 22.8 Å².